The van der Waals surface area contributed by atoms with Gasteiger partial charge in [-0.15, -0.1) is 0 Å². The van der Waals surface area contributed by atoms with Crippen LogP contribution >= 0.6 is 0 Å². The lowest BCUT2D eigenvalue weighted by atomic mass is 9.49. The van der Waals surface area contributed by atoms with Crippen molar-refractivity contribution in [2.45, 2.75) is 70.7 Å². The molecule has 5 fully saturated rings. The third-order valence-corrected chi connectivity index (χ3v) is 9.00. The molecule has 0 radical (unpaired) electrons. The molecule has 5 rings (SSSR count). The van der Waals surface area contributed by atoms with E-state index in [2.05, 4.69) is 13.8 Å². The van der Waals surface area contributed by atoms with Gasteiger partial charge in [-0.05, 0) is 55.8 Å². The molecule has 3 aliphatic carbocycles. The average molecular weight is 362 g/mol. The number of aldehydes is 1. The smallest absolute Gasteiger partial charge is 0.309 e. The fraction of sp³-hybridized carbons (Fsp3) is 0.905. The van der Waals surface area contributed by atoms with E-state index in [1.54, 1.807) is 0 Å². The maximum atomic E-state index is 12.5. The Bertz CT molecular complexity index is 626. The minimum atomic E-state index is -0.491. The van der Waals surface area contributed by atoms with Gasteiger partial charge in [0.05, 0.1) is 19.1 Å². The number of hydrogen-bond donors (Lipinski definition) is 0. The number of rotatable bonds is 2. The molecular weight excluding hydrogens is 332 g/mol. The lowest BCUT2D eigenvalue weighted by Gasteiger charge is -2.55. The Hall–Kier alpha value is -0.940. The zero-order valence-corrected chi connectivity index (χ0v) is 15.9. The van der Waals surface area contributed by atoms with Crippen LogP contribution in [0.2, 0.25) is 0 Å². The van der Waals surface area contributed by atoms with Crippen molar-refractivity contribution >= 4 is 12.3 Å². The molecule has 7 atom stereocenters. The molecule has 5 heteroatoms. The van der Waals surface area contributed by atoms with Gasteiger partial charge >= 0.3 is 5.97 Å². The van der Waals surface area contributed by atoms with Gasteiger partial charge in [0.1, 0.15) is 12.4 Å². The van der Waals surface area contributed by atoms with Gasteiger partial charge in [0, 0.05) is 17.8 Å². The summed E-state index contributed by atoms with van der Waals surface area (Å²) in [6.07, 6.45) is 7.92. The summed E-state index contributed by atoms with van der Waals surface area (Å²) in [6.45, 7) is 5.83. The number of carbonyl (C=O) groups is 2. The van der Waals surface area contributed by atoms with Crippen LogP contribution in [0.5, 0.6) is 0 Å². The summed E-state index contributed by atoms with van der Waals surface area (Å²) in [5.74, 6) is -0.0361. The predicted octanol–water partition coefficient (Wildman–Crippen LogP) is 3.10. The fourth-order valence-corrected chi connectivity index (χ4v) is 7.50. The van der Waals surface area contributed by atoms with E-state index in [1.807, 2.05) is 0 Å². The molecule has 4 unspecified atom stereocenters. The first kappa shape index (κ1) is 17.2. The minimum absolute atomic E-state index is 0.0177. The first-order valence-electron chi connectivity index (χ1n) is 10.4. The number of carbonyl (C=O) groups excluding carboxylic acids is 2. The quantitative estimate of drug-likeness (QED) is 0.558. The lowest BCUT2D eigenvalue weighted by molar-refractivity contribution is -0.241. The Kier molecular flexibility index (Phi) is 3.66. The molecule has 0 amide bonds. The third kappa shape index (κ3) is 1.99. The normalized spacial score (nSPS) is 52.1. The predicted molar refractivity (Wildman–Crippen MR) is 93.1 cm³/mol. The van der Waals surface area contributed by atoms with Gasteiger partial charge in [-0.1, -0.05) is 13.8 Å². The fourth-order valence-electron chi connectivity index (χ4n) is 7.50. The summed E-state index contributed by atoms with van der Waals surface area (Å²) in [4.78, 5) is 24.8. The van der Waals surface area contributed by atoms with Gasteiger partial charge in [-0.2, -0.15) is 0 Å². The van der Waals surface area contributed by atoms with Crippen LogP contribution in [0.4, 0.5) is 0 Å². The van der Waals surface area contributed by atoms with Gasteiger partial charge in [-0.25, -0.2) is 0 Å². The van der Waals surface area contributed by atoms with Gasteiger partial charge in [0.2, 0.25) is 0 Å². The number of esters is 1. The molecule has 2 bridgehead atoms. The maximum absolute atomic E-state index is 12.5. The van der Waals surface area contributed by atoms with Crippen LogP contribution < -0.4 is 0 Å². The summed E-state index contributed by atoms with van der Waals surface area (Å²) in [6, 6.07) is 0. The van der Waals surface area contributed by atoms with Crippen molar-refractivity contribution in [3.05, 3.63) is 0 Å². The maximum Gasteiger partial charge on any atom is 0.309 e. The van der Waals surface area contributed by atoms with E-state index in [0.717, 1.165) is 44.9 Å². The topological polar surface area (TPSA) is 61.8 Å². The second-order valence-corrected chi connectivity index (χ2v) is 9.76. The SMILES string of the molecule is CC12CCC([C@@]3(C)CC[C@H]4C[C@@H]3C(=O)O4)C(C=O)C1CCC21OCCO1. The van der Waals surface area contributed by atoms with Crippen LogP contribution in [-0.2, 0) is 23.8 Å². The van der Waals surface area contributed by atoms with Crippen molar-refractivity contribution in [1.29, 1.82) is 0 Å². The van der Waals surface area contributed by atoms with E-state index in [9.17, 15) is 9.59 Å². The summed E-state index contributed by atoms with van der Waals surface area (Å²) >= 11 is 0. The molecule has 0 aromatic heterocycles. The van der Waals surface area contributed by atoms with Crippen LogP contribution in [-0.4, -0.2) is 37.4 Å². The van der Waals surface area contributed by atoms with Crippen molar-refractivity contribution in [2.24, 2.45) is 34.5 Å². The molecule has 0 aromatic carbocycles. The van der Waals surface area contributed by atoms with E-state index in [4.69, 9.17) is 14.2 Å². The van der Waals surface area contributed by atoms with Crippen molar-refractivity contribution in [3.63, 3.8) is 0 Å². The molecule has 5 aliphatic rings. The van der Waals surface area contributed by atoms with Crippen molar-refractivity contribution in [3.8, 4) is 0 Å². The van der Waals surface area contributed by atoms with E-state index >= 15 is 0 Å². The Morgan fingerprint density at radius 2 is 1.73 bits per heavy atom. The Balaban J connectivity index is 1.48. The van der Waals surface area contributed by atoms with Crippen LogP contribution in [0.25, 0.3) is 0 Å². The standard InChI is InChI=1S/C21H30O5/c1-19(6-3-13-11-17(19)18(23)26-13)15-4-7-20(2)16(14(15)12-22)5-8-21(20)24-9-10-25-21/h12-17H,3-11H2,1-2H3/t13-,14?,15?,16?,17+,19+,20?/m0/s1. The van der Waals surface area contributed by atoms with Gasteiger partial charge in [0.15, 0.2) is 5.79 Å². The van der Waals surface area contributed by atoms with Gasteiger partial charge < -0.3 is 19.0 Å². The Morgan fingerprint density at radius 1 is 1.00 bits per heavy atom. The molecule has 5 nitrogen and oxygen atoms in total. The molecule has 2 aliphatic heterocycles. The van der Waals surface area contributed by atoms with Crippen LogP contribution in [0.3, 0.4) is 0 Å². The second-order valence-electron chi connectivity index (χ2n) is 9.76. The molecule has 2 heterocycles. The highest BCUT2D eigenvalue weighted by molar-refractivity contribution is 5.76. The zero-order valence-electron chi connectivity index (χ0n) is 15.9. The van der Waals surface area contributed by atoms with Crippen molar-refractivity contribution < 1.29 is 23.8 Å². The van der Waals surface area contributed by atoms with Gasteiger partial charge in [0.25, 0.3) is 0 Å². The molecule has 144 valence electrons. The van der Waals surface area contributed by atoms with Gasteiger partial charge in [-0.3, -0.25) is 4.79 Å². The summed E-state index contributed by atoms with van der Waals surface area (Å²) in [7, 11) is 0. The third-order valence-electron chi connectivity index (χ3n) is 9.00. The van der Waals surface area contributed by atoms with Crippen LogP contribution in [0.1, 0.15) is 58.8 Å². The van der Waals surface area contributed by atoms with E-state index < -0.39 is 5.79 Å². The lowest BCUT2D eigenvalue weighted by Crippen LogP contribution is -2.55. The summed E-state index contributed by atoms with van der Waals surface area (Å²) in [5.41, 5.74) is -0.223. The number of hydrogen-bond acceptors (Lipinski definition) is 5. The highest BCUT2D eigenvalue weighted by Gasteiger charge is 2.67. The second kappa shape index (κ2) is 5.54. The van der Waals surface area contributed by atoms with E-state index in [0.29, 0.717) is 13.2 Å². The number of fused-ring (bicyclic) bond motifs is 4. The number of ether oxygens (including phenoxy) is 3. The average Bonchev–Trinajstić information content (AvgIpc) is 3.31. The van der Waals surface area contributed by atoms with Crippen molar-refractivity contribution in [2.75, 3.05) is 13.2 Å². The molecule has 0 N–H and O–H groups in total. The summed E-state index contributed by atoms with van der Waals surface area (Å²) < 4.78 is 17.8. The van der Waals surface area contributed by atoms with Crippen LogP contribution in [0, 0.1) is 34.5 Å². The Labute approximate surface area is 155 Å². The summed E-state index contributed by atoms with van der Waals surface area (Å²) in [5, 5.41) is 0. The van der Waals surface area contributed by atoms with Crippen molar-refractivity contribution in [1.82, 2.24) is 0 Å². The molecule has 3 saturated carbocycles. The highest BCUT2D eigenvalue weighted by Crippen LogP contribution is 2.66. The van der Waals surface area contributed by atoms with Crippen LogP contribution in [0.15, 0.2) is 0 Å². The molecule has 26 heavy (non-hydrogen) atoms. The molecule has 1 spiro atoms. The first-order valence-corrected chi connectivity index (χ1v) is 10.4. The molecular formula is C21H30O5. The van der Waals surface area contributed by atoms with E-state index in [-0.39, 0.29) is 46.6 Å². The molecule has 0 aromatic rings. The highest BCUT2D eigenvalue weighted by atomic mass is 16.7. The van der Waals surface area contributed by atoms with E-state index in [1.165, 1.54) is 6.29 Å². The Morgan fingerprint density at radius 3 is 2.46 bits per heavy atom. The largest absolute Gasteiger partial charge is 0.462 e. The minimum Gasteiger partial charge on any atom is -0.462 e. The monoisotopic (exact) mass is 362 g/mol. The molecule has 2 saturated heterocycles. The zero-order chi connectivity index (χ0) is 18.2. The first-order chi connectivity index (χ1) is 12.4.